The number of carbonyl (C=O) groups is 1. The van der Waals surface area contributed by atoms with Gasteiger partial charge in [-0.2, -0.15) is 0 Å². The maximum atomic E-state index is 10.9. The zero-order valence-electron chi connectivity index (χ0n) is 11.3. The van der Waals surface area contributed by atoms with Crippen LogP contribution in [0.2, 0.25) is 0 Å². The summed E-state index contributed by atoms with van der Waals surface area (Å²) in [5.74, 6) is -0.294. The average molecular weight is 290 g/mol. The molecule has 0 spiro atoms. The summed E-state index contributed by atoms with van der Waals surface area (Å²) in [6.07, 6.45) is 1.67. The molecule has 0 saturated carbocycles. The van der Waals surface area contributed by atoms with Gasteiger partial charge in [0, 0.05) is 5.56 Å². The van der Waals surface area contributed by atoms with Crippen molar-refractivity contribution in [3.05, 3.63) is 60.3 Å². The molecule has 0 saturated heterocycles. The van der Waals surface area contributed by atoms with Gasteiger partial charge in [0.15, 0.2) is 11.5 Å². The molecule has 0 bridgehead atoms. The second kappa shape index (κ2) is 4.63. The Morgan fingerprint density at radius 2 is 1.77 bits per heavy atom. The highest BCUT2D eigenvalue weighted by Crippen LogP contribution is 2.22. The van der Waals surface area contributed by atoms with Crippen molar-refractivity contribution in [2.24, 2.45) is 0 Å². The molecule has 106 valence electrons. The smallest absolute Gasteiger partial charge is 0.335 e. The minimum absolute atomic E-state index is 0.240. The van der Waals surface area contributed by atoms with E-state index in [4.69, 9.17) is 5.11 Å². The predicted molar refractivity (Wildman–Crippen MR) is 80.7 cm³/mol. The number of aromatic nitrogens is 4. The normalized spacial score (nSPS) is 11.1. The van der Waals surface area contributed by atoms with Gasteiger partial charge in [0.2, 0.25) is 0 Å². The summed E-state index contributed by atoms with van der Waals surface area (Å²) >= 11 is 0. The summed E-state index contributed by atoms with van der Waals surface area (Å²) in [6, 6.07) is 14.3. The lowest BCUT2D eigenvalue weighted by Crippen LogP contribution is -1.97. The second-order valence-electron chi connectivity index (χ2n) is 4.85. The van der Waals surface area contributed by atoms with E-state index in [1.165, 1.54) is 0 Å². The largest absolute Gasteiger partial charge is 0.478 e. The summed E-state index contributed by atoms with van der Waals surface area (Å²) in [5, 5.41) is 17.3. The summed E-state index contributed by atoms with van der Waals surface area (Å²) in [6.45, 7) is 0. The quantitative estimate of drug-likeness (QED) is 0.614. The lowest BCUT2D eigenvalue weighted by Gasteiger charge is -2.04. The van der Waals surface area contributed by atoms with Gasteiger partial charge in [-0.05, 0) is 24.3 Å². The van der Waals surface area contributed by atoms with Crippen LogP contribution >= 0.6 is 0 Å². The number of carboxylic acid groups (broad SMARTS) is 1. The zero-order chi connectivity index (χ0) is 15.1. The first-order chi connectivity index (χ1) is 10.7. The van der Waals surface area contributed by atoms with E-state index in [9.17, 15) is 4.79 Å². The van der Waals surface area contributed by atoms with Gasteiger partial charge < -0.3 is 5.11 Å². The van der Waals surface area contributed by atoms with Crippen LogP contribution in [0.5, 0.6) is 0 Å². The number of hydrogen-bond donors (Lipinski definition) is 1. The number of carboxylic acids is 1. The Bertz CT molecular complexity index is 1010. The fourth-order valence-electron chi connectivity index (χ4n) is 2.46. The lowest BCUT2D eigenvalue weighted by atomic mass is 10.1. The predicted octanol–water partition coefficient (Wildman–Crippen LogP) is 2.64. The molecule has 2 aromatic heterocycles. The topological polar surface area (TPSA) is 80.4 Å². The number of hydrogen-bond acceptors (Lipinski definition) is 4. The molecule has 0 atom stereocenters. The number of para-hydroxylation sites is 2. The van der Waals surface area contributed by atoms with Crippen LogP contribution in [0.15, 0.2) is 54.7 Å². The summed E-state index contributed by atoms with van der Waals surface area (Å²) in [5.41, 5.74) is 3.44. The van der Waals surface area contributed by atoms with Crippen molar-refractivity contribution in [3.8, 4) is 11.4 Å². The van der Waals surface area contributed by atoms with E-state index in [-0.39, 0.29) is 5.56 Å². The molecule has 4 aromatic rings. The molecule has 2 heterocycles. The molecular formula is C16H10N4O2. The van der Waals surface area contributed by atoms with Gasteiger partial charge in [0.25, 0.3) is 0 Å². The van der Waals surface area contributed by atoms with Crippen LogP contribution in [0.4, 0.5) is 0 Å². The van der Waals surface area contributed by atoms with E-state index in [0.717, 1.165) is 16.6 Å². The van der Waals surface area contributed by atoms with Gasteiger partial charge in [0.05, 0.1) is 22.8 Å². The van der Waals surface area contributed by atoms with Crippen molar-refractivity contribution in [1.29, 1.82) is 0 Å². The minimum Gasteiger partial charge on any atom is -0.478 e. The van der Waals surface area contributed by atoms with Gasteiger partial charge in [-0.3, -0.25) is 9.38 Å². The van der Waals surface area contributed by atoms with Crippen LogP contribution in [0.25, 0.3) is 28.1 Å². The Balaban J connectivity index is 1.98. The van der Waals surface area contributed by atoms with Gasteiger partial charge in [-0.1, -0.05) is 24.3 Å². The molecule has 0 amide bonds. The second-order valence-corrected chi connectivity index (χ2v) is 4.85. The maximum absolute atomic E-state index is 10.9. The van der Waals surface area contributed by atoms with Gasteiger partial charge in [-0.25, -0.2) is 4.79 Å². The number of nitrogens with zero attached hydrogens (tertiary/aromatic N) is 4. The van der Waals surface area contributed by atoms with Crippen LogP contribution in [-0.2, 0) is 0 Å². The molecule has 0 aliphatic carbocycles. The van der Waals surface area contributed by atoms with Crippen LogP contribution < -0.4 is 0 Å². The Labute approximate surface area is 124 Å². The van der Waals surface area contributed by atoms with E-state index >= 15 is 0 Å². The molecule has 6 heteroatoms. The summed E-state index contributed by atoms with van der Waals surface area (Å²) in [7, 11) is 0. The average Bonchev–Trinajstić information content (AvgIpc) is 2.99. The Kier molecular flexibility index (Phi) is 2.62. The molecule has 1 N–H and O–H groups in total. The van der Waals surface area contributed by atoms with Gasteiger partial charge >= 0.3 is 5.97 Å². The zero-order valence-corrected chi connectivity index (χ0v) is 11.3. The van der Waals surface area contributed by atoms with E-state index in [1.807, 2.05) is 28.7 Å². The fourth-order valence-corrected chi connectivity index (χ4v) is 2.46. The van der Waals surface area contributed by atoms with Crippen LogP contribution in [0, 0.1) is 0 Å². The maximum Gasteiger partial charge on any atom is 0.335 e. The fraction of sp³-hybridized carbons (Fsp3) is 0. The molecule has 0 aliphatic rings. The number of benzene rings is 2. The first kappa shape index (κ1) is 12.5. The first-order valence-electron chi connectivity index (χ1n) is 6.66. The van der Waals surface area contributed by atoms with Crippen LogP contribution in [0.3, 0.4) is 0 Å². The van der Waals surface area contributed by atoms with Crippen LogP contribution in [0.1, 0.15) is 10.4 Å². The third-order valence-electron chi connectivity index (χ3n) is 3.52. The lowest BCUT2D eigenvalue weighted by molar-refractivity contribution is 0.0697. The molecule has 2 aromatic carbocycles. The van der Waals surface area contributed by atoms with Crippen LogP contribution in [-0.4, -0.2) is 30.7 Å². The van der Waals surface area contributed by atoms with Crippen molar-refractivity contribution in [1.82, 2.24) is 19.6 Å². The van der Waals surface area contributed by atoms with Crippen molar-refractivity contribution < 1.29 is 9.90 Å². The molecule has 6 nitrogen and oxygen atoms in total. The number of fused-ring (bicyclic) bond motifs is 3. The van der Waals surface area contributed by atoms with Gasteiger partial charge in [-0.15, -0.1) is 10.2 Å². The SMILES string of the molecule is O=C(O)c1ccc(-c2nnc3cnc4ccccc4n23)cc1. The first-order valence-corrected chi connectivity index (χ1v) is 6.66. The number of rotatable bonds is 2. The molecular weight excluding hydrogens is 280 g/mol. The van der Waals surface area contributed by atoms with Gasteiger partial charge in [0.1, 0.15) is 0 Å². The highest BCUT2D eigenvalue weighted by molar-refractivity contribution is 5.88. The molecule has 0 aliphatic heterocycles. The number of aromatic carboxylic acids is 1. The van der Waals surface area contributed by atoms with Crippen molar-refractivity contribution >= 4 is 22.6 Å². The Morgan fingerprint density at radius 3 is 2.55 bits per heavy atom. The van der Waals surface area contributed by atoms with Crippen molar-refractivity contribution in [2.75, 3.05) is 0 Å². The minimum atomic E-state index is -0.952. The summed E-state index contributed by atoms with van der Waals surface area (Å²) < 4.78 is 1.91. The Hall–Kier alpha value is -3.28. The highest BCUT2D eigenvalue weighted by Gasteiger charge is 2.12. The third-order valence-corrected chi connectivity index (χ3v) is 3.52. The van der Waals surface area contributed by atoms with E-state index in [2.05, 4.69) is 15.2 Å². The van der Waals surface area contributed by atoms with Crippen molar-refractivity contribution in [3.63, 3.8) is 0 Å². The Morgan fingerprint density at radius 1 is 1.00 bits per heavy atom. The summed E-state index contributed by atoms with van der Waals surface area (Å²) in [4.78, 5) is 15.3. The molecule has 4 rings (SSSR count). The molecule has 0 fully saturated rings. The van der Waals surface area contributed by atoms with E-state index < -0.39 is 5.97 Å². The molecule has 22 heavy (non-hydrogen) atoms. The van der Waals surface area contributed by atoms with E-state index in [1.54, 1.807) is 30.5 Å². The standard InChI is InChI=1S/C16H10N4O2/c21-16(22)11-7-5-10(6-8-11)15-19-18-14-9-17-12-3-1-2-4-13(12)20(14)15/h1-9H,(H,21,22). The van der Waals surface area contributed by atoms with E-state index in [0.29, 0.717) is 11.5 Å². The molecule has 0 unspecified atom stereocenters. The monoisotopic (exact) mass is 290 g/mol. The van der Waals surface area contributed by atoms with Crippen molar-refractivity contribution in [2.45, 2.75) is 0 Å². The third kappa shape index (κ3) is 1.81. The molecule has 0 radical (unpaired) electrons. The highest BCUT2D eigenvalue weighted by atomic mass is 16.4.